The summed E-state index contributed by atoms with van der Waals surface area (Å²) >= 11 is 1.26. The minimum absolute atomic E-state index is 0.116. The SMILES string of the molecule is CCOC(=O)[C@@H]([NH3+])CS[C@H]1CC(=O)N(c2ccc(OC)cc2)C1=O. The molecule has 0 aromatic heterocycles. The number of anilines is 1. The number of nitrogens with zero attached hydrogens (tertiary/aromatic N) is 1. The quantitative estimate of drug-likeness (QED) is 0.556. The first-order valence-corrected chi connectivity index (χ1v) is 8.65. The second-order valence-corrected chi connectivity index (χ2v) is 6.48. The number of thioether (sulfide) groups is 1. The zero-order valence-corrected chi connectivity index (χ0v) is 14.5. The zero-order valence-electron chi connectivity index (χ0n) is 13.7. The Morgan fingerprint density at radius 3 is 2.62 bits per heavy atom. The van der Waals surface area contributed by atoms with E-state index in [4.69, 9.17) is 9.47 Å². The second kappa shape index (κ2) is 8.16. The molecular weight excluding hydrogens is 332 g/mol. The fraction of sp³-hybridized carbons (Fsp3) is 0.438. The molecule has 0 aliphatic carbocycles. The van der Waals surface area contributed by atoms with Gasteiger partial charge < -0.3 is 15.2 Å². The molecule has 0 saturated carbocycles. The van der Waals surface area contributed by atoms with Crippen molar-refractivity contribution in [1.82, 2.24) is 0 Å². The van der Waals surface area contributed by atoms with Crippen LogP contribution in [0.2, 0.25) is 0 Å². The number of hydrogen-bond donors (Lipinski definition) is 1. The number of carbonyl (C=O) groups is 3. The Balaban J connectivity index is 1.99. The van der Waals surface area contributed by atoms with Crippen LogP contribution in [0.4, 0.5) is 5.69 Å². The first kappa shape index (κ1) is 18.3. The molecule has 0 unspecified atom stereocenters. The van der Waals surface area contributed by atoms with E-state index in [-0.39, 0.29) is 18.2 Å². The van der Waals surface area contributed by atoms with Crippen LogP contribution in [-0.2, 0) is 19.1 Å². The predicted molar refractivity (Wildman–Crippen MR) is 89.7 cm³/mol. The molecule has 0 spiro atoms. The second-order valence-electron chi connectivity index (χ2n) is 5.24. The van der Waals surface area contributed by atoms with Crippen LogP contribution < -0.4 is 15.4 Å². The maximum absolute atomic E-state index is 12.5. The van der Waals surface area contributed by atoms with Gasteiger partial charge in [-0.05, 0) is 31.2 Å². The van der Waals surface area contributed by atoms with Gasteiger partial charge in [-0.3, -0.25) is 9.59 Å². The maximum Gasteiger partial charge on any atom is 0.365 e. The normalized spacial score (nSPS) is 18.6. The lowest BCUT2D eigenvalue weighted by molar-refractivity contribution is -0.401. The Bertz CT molecular complexity index is 619. The topological polar surface area (TPSA) is 101 Å². The van der Waals surface area contributed by atoms with Gasteiger partial charge in [0.1, 0.15) is 5.75 Å². The molecule has 0 bridgehead atoms. The van der Waals surface area contributed by atoms with Crippen LogP contribution >= 0.6 is 11.8 Å². The number of hydrogen-bond acceptors (Lipinski definition) is 6. The zero-order chi connectivity index (χ0) is 17.7. The fourth-order valence-electron chi connectivity index (χ4n) is 2.30. The number of benzene rings is 1. The summed E-state index contributed by atoms with van der Waals surface area (Å²) in [6, 6.07) is 6.18. The van der Waals surface area contributed by atoms with Crippen molar-refractivity contribution in [2.75, 3.05) is 24.4 Å². The van der Waals surface area contributed by atoms with Crippen LogP contribution in [0.3, 0.4) is 0 Å². The molecule has 1 fully saturated rings. The van der Waals surface area contributed by atoms with E-state index >= 15 is 0 Å². The van der Waals surface area contributed by atoms with Crippen molar-refractivity contribution in [3.8, 4) is 5.75 Å². The molecule has 1 aliphatic heterocycles. The Morgan fingerprint density at radius 1 is 1.38 bits per heavy atom. The third-order valence-electron chi connectivity index (χ3n) is 3.55. The minimum Gasteiger partial charge on any atom is -0.497 e. The number of esters is 1. The van der Waals surface area contributed by atoms with Crippen LogP contribution in [0.1, 0.15) is 13.3 Å². The average molecular weight is 353 g/mol. The smallest absolute Gasteiger partial charge is 0.365 e. The van der Waals surface area contributed by atoms with Gasteiger partial charge in [0.15, 0.2) is 6.04 Å². The van der Waals surface area contributed by atoms with Gasteiger partial charge in [-0.2, -0.15) is 0 Å². The van der Waals surface area contributed by atoms with E-state index in [0.29, 0.717) is 23.8 Å². The summed E-state index contributed by atoms with van der Waals surface area (Å²) in [5, 5.41) is -0.502. The number of methoxy groups -OCH3 is 1. The van der Waals surface area contributed by atoms with Crippen LogP contribution in [0, 0.1) is 0 Å². The first-order valence-electron chi connectivity index (χ1n) is 7.60. The molecule has 0 radical (unpaired) electrons. The molecule has 1 heterocycles. The molecular formula is C16H21N2O5S+. The van der Waals surface area contributed by atoms with Crippen LogP contribution in [0.15, 0.2) is 24.3 Å². The summed E-state index contributed by atoms with van der Waals surface area (Å²) in [7, 11) is 1.55. The molecule has 7 nitrogen and oxygen atoms in total. The summed E-state index contributed by atoms with van der Waals surface area (Å²) < 4.78 is 9.96. The lowest BCUT2D eigenvalue weighted by Crippen LogP contribution is -2.66. The van der Waals surface area contributed by atoms with E-state index < -0.39 is 17.3 Å². The van der Waals surface area contributed by atoms with Crippen molar-refractivity contribution >= 4 is 35.2 Å². The molecule has 130 valence electrons. The lowest BCUT2D eigenvalue weighted by Gasteiger charge is -2.15. The monoisotopic (exact) mass is 353 g/mol. The van der Waals surface area contributed by atoms with Crippen molar-refractivity contribution in [2.24, 2.45) is 0 Å². The summed E-state index contributed by atoms with van der Waals surface area (Å²) in [6.07, 6.45) is 0.116. The Morgan fingerprint density at radius 2 is 2.04 bits per heavy atom. The molecule has 1 aromatic rings. The highest BCUT2D eigenvalue weighted by Crippen LogP contribution is 2.30. The number of rotatable bonds is 7. The van der Waals surface area contributed by atoms with Crippen molar-refractivity contribution < 1.29 is 29.6 Å². The summed E-state index contributed by atoms with van der Waals surface area (Å²) in [5.74, 6) is 0.0661. The van der Waals surface area contributed by atoms with Gasteiger partial charge in [0.05, 0.1) is 30.4 Å². The molecule has 2 amide bonds. The highest BCUT2D eigenvalue weighted by Gasteiger charge is 2.40. The number of imide groups is 1. The molecule has 1 aromatic carbocycles. The molecule has 1 aliphatic rings. The first-order chi connectivity index (χ1) is 11.5. The summed E-state index contributed by atoms with van der Waals surface area (Å²) in [5.41, 5.74) is 4.26. The van der Waals surface area contributed by atoms with Gasteiger partial charge in [-0.25, -0.2) is 9.69 Å². The van der Waals surface area contributed by atoms with Crippen LogP contribution in [0.25, 0.3) is 0 Å². The summed E-state index contributed by atoms with van der Waals surface area (Å²) in [4.78, 5) is 37.4. The van der Waals surface area contributed by atoms with Crippen LogP contribution in [0.5, 0.6) is 5.75 Å². The number of amides is 2. The number of ether oxygens (including phenoxy) is 2. The van der Waals surface area contributed by atoms with Crippen molar-refractivity contribution in [2.45, 2.75) is 24.6 Å². The van der Waals surface area contributed by atoms with Crippen LogP contribution in [-0.4, -0.2) is 48.5 Å². The van der Waals surface area contributed by atoms with E-state index in [9.17, 15) is 14.4 Å². The largest absolute Gasteiger partial charge is 0.497 e. The molecule has 24 heavy (non-hydrogen) atoms. The molecule has 1 saturated heterocycles. The Kier molecular flexibility index (Phi) is 6.22. The van der Waals surface area contributed by atoms with Gasteiger partial charge in [-0.15, -0.1) is 11.8 Å². The minimum atomic E-state index is -0.562. The highest BCUT2D eigenvalue weighted by atomic mass is 32.2. The average Bonchev–Trinajstić information content (AvgIpc) is 2.86. The standard InChI is InChI=1S/C16H20N2O5S/c1-3-23-16(21)12(17)9-24-13-8-14(19)18(15(13)20)10-4-6-11(22-2)7-5-10/h4-7,12-13H,3,8-9,17H2,1-2H3/p+1/t12-,13-/m0/s1. The van der Waals surface area contributed by atoms with Gasteiger partial charge in [0, 0.05) is 6.42 Å². The van der Waals surface area contributed by atoms with E-state index in [1.165, 1.54) is 16.7 Å². The molecule has 2 rings (SSSR count). The molecule has 8 heteroatoms. The third-order valence-corrected chi connectivity index (χ3v) is 4.92. The van der Waals surface area contributed by atoms with Gasteiger partial charge in [0.25, 0.3) is 0 Å². The number of quaternary nitrogens is 1. The fourth-order valence-corrected chi connectivity index (χ4v) is 3.41. The van der Waals surface area contributed by atoms with Gasteiger partial charge >= 0.3 is 5.97 Å². The predicted octanol–water partition coefficient (Wildman–Crippen LogP) is 0.234. The van der Waals surface area contributed by atoms with Gasteiger partial charge in [-0.1, -0.05) is 0 Å². The van der Waals surface area contributed by atoms with Crippen molar-refractivity contribution in [3.05, 3.63) is 24.3 Å². The van der Waals surface area contributed by atoms with Gasteiger partial charge in [0.2, 0.25) is 11.8 Å². The maximum atomic E-state index is 12.5. The highest BCUT2D eigenvalue weighted by molar-refractivity contribution is 8.00. The van der Waals surface area contributed by atoms with E-state index in [1.807, 2.05) is 0 Å². The van der Waals surface area contributed by atoms with E-state index in [2.05, 4.69) is 5.73 Å². The third kappa shape index (κ3) is 4.07. The molecule has 2 atom stereocenters. The Hall–Kier alpha value is -2.06. The summed E-state index contributed by atoms with van der Waals surface area (Å²) in [6.45, 7) is 2.02. The Labute approximate surface area is 144 Å². The lowest BCUT2D eigenvalue weighted by atomic mass is 10.3. The molecule has 3 N–H and O–H groups in total. The van der Waals surface area contributed by atoms with E-state index in [1.54, 1.807) is 38.3 Å². The van der Waals surface area contributed by atoms with Crippen molar-refractivity contribution in [3.63, 3.8) is 0 Å². The number of carbonyl (C=O) groups excluding carboxylic acids is 3. The van der Waals surface area contributed by atoms with E-state index in [0.717, 1.165) is 0 Å². The van der Waals surface area contributed by atoms with Crippen molar-refractivity contribution in [1.29, 1.82) is 0 Å².